The van der Waals surface area contributed by atoms with Crippen molar-refractivity contribution in [2.45, 2.75) is 57.9 Å². The number of imidazole rings is 1. The van der Waals surface area contributed by atoms with Crippen LogP contribution in [0.2, 0.25) is 5.02 Å². The minimum atomic E-state index is 0.307. The minimum Gasteiger partial charge on any atom is -0.487 e. The van der Waals surface area contributed by atoms with E-state index in [1.807, 2.05) is 18.2 Å². The van der Waals surface area contributed by atoms with Crippen LogP contribution in [0.4, 0.5) is 0 Å². The second-order valence-corrected chi connectivity index (χ2v) is 10.7. The van der Waals surface area contributed by atoms with Crippen LogP contribution < -0.4 is 4.74 Å². The number of benzene rings is 2. The van der Waals surface area contributed by atoms with Crippen LogP contribution in [0.3, 0.4) is 0 Å². The van der Waals surface area contributed by atoms with Crippen molar-refractivity contribution in [1.82, 2.24) is 19.4 Å². The van der Waals surface area contributed by atoms with E-state index in [-0.39, 0.29) is 0 Å². The maximum atomic E-state index is 6.21. The van der Waals surface area contributed by atoms with Gasteiger partial charge in [-0.05, 0) is 86.7 Å². The summed E-state index contributed by atoms with van der Waals surface area (Å²) in [4.78, 5) is 11.9. The predicted octanol–water partition coefficient (Wildman–Crippen LogP) is 6.14. The van der Waals surface area contributed by atoms with Crippen LogP contribution in [-0.4, -0.2) is 45.2 Å². The summed E-state index contributed by atoms with van der Waals surface area (Å²) >= 11 is 5.97. The monoisotopic (exact) mass is 516 g/mol. The van der Waals surface area contributed by atoms with Gasteiger partial charge in [0.2, 0.25) is 0 Å². The van der Waals surface area contributed by atoms with Crippen molar-refractivity contribution < 1.29 is 9.47 Å². The van der Waals surface area contributed by atoms with Crippen LogP contribution in [0, 0.1) is 6.92 Å². The molecule has 4 heterocycles. The average molecular weight is 517 g/mol. The van der Waals surface area contributed by atoms with Crippen molar-refractivity contribution in [2.75, 3.05) is 19.7 Å². The molecule has 1 atom stereocenters. The van der Waals surface area contributed by atoms with Crippen LogP contribution >= 0.6 is 11.6 Å². The smallest absolute Gasteiger partial charge is 0.130 e. The zero-order valence-corrected chi connectivity index (χ0v) is 22.0. The number of hydrogen-bond acceptors (Lipinski definition) is 5. The summed E-state index contributed by atoms with van der Waals surface area (Å²) in [6.07, 6.45) is 5.31. The van der Waals surface area contributed by atoms with Gasteiger partial charge in [0.1, 0.15) is 18.2 Å². The molecular formula is C30H33ClN4O2. The highest BCUT2D eigenvalue weighted by atomic mass is 35.5. The number of fused-ring (bicyclic) bond motifs is 1. The van der Waals surface area contributed by atoms with Gasteiger partial charge in [-0.15, -0.1) is 0 Å². The third kappa shape index (κ3) is 5.52. The third-order valence-electron chi connectivity index (χ3n) is 7.64. The fourth-order valence-electron chi connectivity index (χ4n) is 5.43. The van der Waals surface area contributed by atoms with Gasteiger partial charge in [-0.25, -0.2) is 4.98 Å². The van der Waals surface area contributed by atoms with E-state index in [0.717, 1.165) is 74.8 Å². The van der Waals surface area contributed by atoms with Gasteiger partial charge in [0, 0.05) is 12.8 Å². The Hall–Kier alpha value is -2.93. The first-order valence-electron chi connectivity index (χ1n) is 13.2. The Bertz CT molecular complexity index is 1360. The Labute approximate surface area is 223 Å². The first kappa shape index (κ1) is 24.4. The third-order valence-corrected chi connectivity index (χ3v) is 7.86. The van der Waals surface area contributed by atoms with Crippen LogP contribution in [0.15, 0.2) is 60.8 Å². The molecule has 0 bridgehead atoms. The molecule has 0 aliphatic carbocycles. The Balaban J connectivity index is 1.12. The van der Waals surface area contributed by atoms with Crippen molar-refractivity contribution >= 4 is 22.6 Å². The summed E-state index contributed by atoms with van der Waals surface area (Å²) in [6.45, 7) is 7.30. The number of likely N-dealkylation sites (tertiary alicyclic amines) is 1. The van der Waals surface area contributed by atoms with E-state index in [9.17, 15) is 0 Å². The molecule has 2 aromatic carbocycles. The summed E-state index contributed by atoms with van der Waals surface area (Å²) in [5.74, 6) is 2.58. The first-order chi connectivity index (χ1) is 18.1. The number of piperidine rings is 1. The molecule has 2 aromatic heterocycles. The topological polar surface area (TPSA) is 52.4 Å². The van der Waals surface area contributed by atoms with Crippen molar-refractivity contribution in [3.05, 3.63) is 88.5 Å². The van der Waals surface area contributed by atoms with Crippen molar-refractivity contribution in [2.24, 2.45) is 0 Å². The minimum absolute atomic E-state index is 0.307. The van der Waals surface area contributed by atoms with Crippen LogP contribution in [0.5, 0.6) is 5.75 Å². The van der Waals surface area contributed by atoms with Gasteiger partial charge in [-0.1, -0.05) is 35.9 Å². The van der Waals surface area contributed by atoms with Gasteiger partial charge >= 0.3 is 0 Å². The lowest BCUT2D eigenvalue weighted by Crippen LogP contribution is -2.35. The molecule has 2 aliphatic heterocycles. The molecule has 6 rings (SSSR count). The van der Waals surface area contributed by atoms with Gasteiger partial charge in [0.05, 0.1) is 40.9 Å². The molecule has 192 valence electrons. The summed E-state index contributed by atoms with van der Waals surface area (Å²) in [5.41, 5.74) is 5.74. The predicted molar refractivity (Wildman–Crippen MR) is 146 cm³/mol. The van der Waals surface area contributed by atoms with E-state index in [4.69, 9.17) is 26.1 Å². The van der Waals surface area contributed by atoms with E-state index >= 15 is 0 Å². The highest BCUT2D eigenvalue weighted by molar-refractivity contribution is 6.30. The van der Waals surface area contributed by atoms with Gasteiger partial charge in [0.15, 0.2) is 0 Å². The molecule has 0 amide bonds. The number of rotatable bonds is 8. The molecular weight excluding hydrogens is 484 g/mol. The van der Waals surface area contributed by atoms with E-state index < -0.39 is 0 Å². The quantitative estimate of drug-likeness (QED) is 0.281. The standard InChI is InChI=1S/C30H33ClN4O2/c1-21-6-9-27-28(16-21)35(18-25-12-15-36-25)30(33-27)19-34-13-10-22(11-14-34)26-4-2-3-5-29(26)37-20-24-8-7-23(31)17-32-24/h2-9,16-17,22,25H,10-15,18-20H2,1H3/t25-/m0/s1. The van der Waals surface area contributed by atoms with E-state index in [1.54, 1.807) is 6.20 Å². The Kier molecular flexibility index (Phi) is 7.14. The van der Waals surface area contributed by atoms with E-state index in [0.29, 0.717) is 23.7 Å². The Morgan fingerprint density at radius 1 is 1.05 bits per heavy atom. The second kappa shape index (κ2) is 10.8. The molecule has 6 nitrogen and oxygen atoms in total. The SMILES string of the molecule is Cc1ccc2nc(CN3CCC(c4ccccc4OCc4ccc(Cl)cn4)CC3)n(C[C@@H]3CCO3)c2c1. The fourth-order valence-corrected chi connectivity index (χ4v) is 5.55. The van der Waals surface area contributed by atoms with Crippen LogP contribution in [0.25, 0.3) is 11.0 Å². The molecule has 0 N–H and O–H groups in total. The highest BCUT2D eigenvalue weighted by Gasteiger charge is 2.26. The summed E-state index contributed by atoms with van der Waals surface area (Å²) in [5, 5.41) is 0.637. The Morgan fingerprint density at radius 2 is 1.89 bits per heavy atom. The van der Waals surface area contributed by atoms with Gasteiger partial charge in [-0.2, -0.15) is 0 Å². The lowest BCUT2D eigenvalue weighted by Gasteiger charge is -2.33. The van der Waals surface area contributed by atoms with Gasteiger partial charge in [0.25, 0.3) is 0 Å². The summed E-state index contributed by atoms with van der Waals surface area (Å²) in [7, 11) is 0. The first-order valence-corrected chi connectivity index (χ1v) is 13.6. The van der Waals surface area contributed by atoms with Gasteiger partial charge < -0.3 is 14.0 Å². The number of aryl methyl sites for hydroxylation is 1. The summed E-state index contributed by atoms with van der Waals surface area (Å²) < 4.78 is 14.4. The zero-order valence-electron chi connectivity index (χ0n) is 21.3. The van der Waals surface area contributed by atoms with Crippen molar-refractivity contribution in [1.29, 1.82) is 0 Å². The van der Waals surface area contributed by atoms with E-state index in [1.165, 1.54) is 16.6 Å². The number of para-hydroxylation sites is 1. The molecule has 4 aromatic rings. The van der Waals surface area contributed by atoms with E-state index in [2.05, 4.69) is 57.8 Å². The largest absolute Gasteiger partial charge is 0.487 e. The molecule has 2 saturated heterocycles. The molecule has 0 spiro atoms. The highest BCUT2D eigenvalue weighted by Crippen LogP contribution is 2.35. The molecule has 0 radical (unpaired) electrons. The molecule has 0 saturated carbocycles. The van der Waals surface area contributed by atoms with Crippen molar-refractivity contribution in [3.8, 4) is 5.75 Å². The summed E-state index contributed by atoms with van der Waals surface area (Å²) in [6, 6.07) is 18.8. The Morgan fingerprint density at radius 3 is 2.65 bits per heavy atom. The maximum absolute atomic E-state index is 6.21. The lowest BCUT2D eigenvalue weighted by molar-refractivity contribution is -0.0592. The molecule has 0 unspecified atom stereocenters. The normalized spacial score (nSPS) is 18.7. The van der Waals surface area contributed by atoms with Crippen LogP contribution in [-0.2, 0) is 24.4 Å². The number of halogens is 1. The molecule has 2 fully saturated rings. The maximum Gasteiger partial charge on any atom is 0.130 e. The van der Waals surface area contributed by atoms with Gasteiger partial charge in [-0.3, -0.25) is 9.88 Å². The number of nitrogens with zero attached hydrogens (tertiary/aromatic N) is 4. The number of pyridine rings is 1. The number of aromatic nitrogens is 3. The van der Waals surface area contributed by atoms with Crippen molar-refractivity contribution in [3.63, 3.8) is 0 Å². The average Bonchev–Trinajstić information content (AvgIpc) is 3.22. The fraction of sp³-hybridized carbons (Fsp3) is 0.400. The van der Waals surface area contributed by atoms with Crippen LogP contribution in [0.1, 0.15) is 47.8 Å². The molecule has 2 aliphatic rings. The lowest BCUT2D eigenvalue weighted by atomic mass is 9.89. The zero-order chi connectivity index (χ0) is 25.2. The molecule has 7 heteroatoms. The number of hydrogen-bond donors (Lipinski definition) is 0. The second-order valence-electron chi connectivity index (χ2n) is 10.3. The molecule has 37 heavy (non-hydrogen) atoms. The number of ether oxygens (including phenoxy) is 2.